The van der Waals surface area contributed by atoms with Gasteiger partial charge in [-0.2, -0.15) is 0 Å². The predicted molar refractivity (Wildman–Crippen MR) is 88.8 cm³/mol. The molecule has 0 aliphatic carbocycles. The molecule has 0 bridgehead atoms. The maximum atomic E-state index is 6.10. The first-order valence-electron chi connectivity index (χ1n) is 7.50. The first-order valence-corrected chi connectivity index (χ1v) is 10.4. The standard InChI is InChI=1S/C17H32OSi/c1-8-9-10-11-12-13-16(2)14-15-18-19(6,7)17(3,4)5/h14H,8-11,15H2,1-7H3/b16-14+. The summed E-state index contributed by atoms with van der Waals surface area (Å²) >= 11 is 0. The van der Waals surface area contributed by atoms with Crippen LogP contribution in [0, 0.1) is 11.8 Å². The quantitative estimate of drug-likeness (QED) is 0.353. The highest BCUT2D eigenvalue weighted by atomic mass is 28.4. The fraction of sp³-hybridized carbons (Fsp3) is 0.765. The Bertz CT molecular complexity index is 336. The summed E-state index contributed by atoms with van der Waals surface area (Å²) < 4.78 is 6.10. The Morgan fingerprint density at radius 3 is 2.37 bits per heavy atom. The molecule has 0 radical (unpaired) electrons. The van der Waals surface area contributed by atoms with Crippen LogP contribution in [0.1, 0.15) is 60.3 Å². The molecule has 0 saturated carbocycles. The van der Waals surface area contributed by atoms with Crippen molar-refractivity contribution in [2.75, 3.05) is 6.61 Å². The molecule has 0 aromatic rings. The molecule has 0 rings (SSSR count). The number of unbranched alkanes of at least 4 members (excludes halogenated alkanes) is 3. The molecule has 0 spiro atoms. The summed E-state index contributed by atoms with van der Waals surface area (Å²) in [7, 11) is -1.61. The zero-order valence-corrected chi connectivity index (χ0v) is 15.0. The lowest BCUT2D eigenvalue weighted by molar-refractivity contribution is 0.327. The summed E-state index contributed by atoms with van der Waals surface area (Å²) in [6.45, 7) is 16.4. The van der Waals surface area contributed by atoms with Gasteiger partial charge in [0.2, 0.25) is 0 Å². The molecule has 0 atom stereocenters. The van der Waals surface area contributed by atoms with Gasteiger partial charge in [-0.25, -0.2) is 0 Å². The zero-order valence-electron chi connectivity index (χ0n) is 14.0. The van der Waals surface area contributed by atoms with Crippen LogP contribution in [0.4, 0.5) is 0 Å². The Labute approximate surface area is 122 Å². The SMILES string of the molecule is CCCCCC#C/C(C)=C/CO[Si](C)(C)C(C)(C)C. The van der Waals surface area contributed by atoms with Gasteiger partial charge in [0.25, 0.3) is 0 Å². The van der Waals surface area contributed by atoms with Gasteiger partial charge in [0.1, 0.15) is 0 Å². The molecule has 0 amide bonds. The predicted octanol–water partition coefficient (Wildman–Crippen LogP) is 5.54. The van der Waals surface area contributed by atoms with Crippen LogP contribution in [0.15, 0.2) is 11.6 Å². The lowest BCUT2D eigenvalue weighted by atomic mass is 10.2. The van der Waals surface area contributed by atoms with E-state index in [1.807, 2.05) is 0 Å². The van der Waals surface area contributed by atoms with Crippen molar-refractivity contribution in [3.05, 3.63) is 11.6 Å². The van der Waals surface area contributed by atoms with Crippen LogP contribution in [-0.4, -0.2) is 14.9 Å². The van der Waals surface area contributed by atoms with Gasteiger partial charge in [0.15, 0.2) is 8.32 Å². The number of hydrogen-bond donors (Lipinski definition) is 0. The molecule has 1 nitrogen and oxygen atoms in total. The summed E-state index contributed by atoms with van der Waals surface area (Å²) in [4.78, 5) is 0. The summed E-state index contributed by atoms with van der Waals surface area (Å²) in [6, 6.07) is 0. The molecule has 0 N–H and O–H groups in total. The van der Waals surface area contributed by atoms with Gasteiger partial charge in [0, 0.05) is 6.42 Å². The van der Waals surface area contributed by atoms with Gasteiger partial charge in [-0.05, 0) is 43.1 Å². The largest absolute Gasteiger partial charge is 0.413 e. The molecule has 0 fully saturated rings. The number of hydrogen-bond acceptors (Lipinski definition) is 1. The van der Waals surface area contributed by atoms with Gasteiger partial charge in [0.05, 0.1) is 6.61 Å². The number of rotatable bonds is 6. The van der Waals surface area contributed by atoms with E-state index in [-0.39, 0.29) is 5.04 Å². The molecule has 110 valence electrons. The van der Waals surface area contributed by atoms with Crippen LogP contribution >= 0.6 is 0 Å². The first-order chi connectivity index (χ1) is 8.70. The third-order valence-electron chi connectivity index (χ3n) is 3.83. The van der Waals surface area contributed by atoms with Gasteiger partial charge in [-0.1, -0.05) is 52.4 Å². The van der Waals surface area contributed by atoms with E-state index in [0.717, 1.165) is 12.0 Å². The van der Waals surface area contributed by atoms with E-state index in [4.69, 9.17) is 4.43 Å². The van der Waals surface area contributed by atoms with Crippen LogP contribution in [0.2, 0.25) is 18.1 Å². The molecule has 0 aliphatic heterocycles. The van der Waals surface area contributed by atoms with E-state index in [1.54, 1.807) is 0 Å². The topological polar surface area (TPSA) is 9.23 Å². The van der Waals surface area contributed by atoms with Crippen molar-refractivity contribution in [1.82, 2.24) is 0 Å². The van der Waals surface area contributed by atoms with Crippen molar-refractivity contribution < 1.29 is 4.43 Å². The summed E-state index contributed by atoms with van der Waals surface area (Å²) in [5.74, 6) is 6.45. The molecule has 2 heteroatoms. The summed E-state index contributed by atoms with van der Waals surface area (Å²) in [5, 5.41) is 0.278. The molecular weight excluding hydrogens is 248 g/mol. The fourth-order valence-corrected chi connectivity index (χ4v) is 2.24. The van der Waals surface area contributed by atoms with Crippen molar-refractivity contribution in [3.63, 3.8) is 0 Å². The van der Waals surface area contributed by atoms with Crippen molar-refractivity contribution in [2.45, 2.75) is 78.4 Å². The Balaban J connectivity index is 4.13. The zero-order chi connectivity index (χ0) is 14.9. The molecule has 0 heterocycles. The molecular formula is C17H32OSi. The third-order valence-corrected chi connectivity index (χ3v) is 8.33. The minimum Gasteiger partial charge on any atom is -0.413 e. The second kappa shape index (κ2) is 8.61. The average Bonchev–Trinajstić information content (AvgIpc) is 2.27. The molecule has 0 aliphatic rings. The van der Waals surface area contributed by atoms with E-state index in [9.17, 15) is 0 Å². The molecule has 0 saturated heterocycles. The normalized spacial score (nSPS) is 13.1. The van der Waals surface area contributed by atoms with Gasteiger partial charge in [-0.3, -0.25) is 0 Å². The third kappa shape index (κ3) is 8.29. The highest BCUT2D eigenvalue weighted by Gasteiger charge is 2.36. The highest BCUT2D eigenvalue weighted by Crippen LogP contribution is 2.36. The van der Waals surface area contributed by atoms with E-state index in [1.165, 1.54) is 19.3 Å². The lowest BCUT2D eigenvalue weighted by Crippen LogP contribution is -2.40. The maximum absolute atomic E-state index is 6.10. The molecule has 19 heavy (non-hydrogen) atoms. The highest BCUT2D eigenvalue weighted by molar-refractivity contribution is 6.74. The van der Waals surface area contributed by atoms with Crippen molar-refractivity contribution in [2.24, 2.45) is 0 Å². The van der Waals surface area contributed by atoms with Crippen LogP contribution in [0.3, 0.4) is 0 Å². The monoisotopic (exact) mass is 280 g/mol. The van der Waals surface area contributed by atoms with Crippen molar-refractivity contribution >= 4 is 8.32 Å². The van der Waals surface area contributed by atoms with Gasteiger partial charge >= 0.3 is 0 Å². The van der Waals surface area contributed by atoms with Gasteiger partial charge in [-0.15, -0.1) is 0 Å². The second-order valence-electron chi connectivity index (χ2n) is 6.72. The van der Waals surface area contributed by atoms with Crippen LogP contribution in [0.5, 0.6) is 0 Å². The van der Waals surface area contributed by atoms with Crippen LogP contribution in [-0.2, 0) is 4.43 Å². The van der Waals surface area contributed by atoms with Crippen LogP contribution < -0.4 is 0 Å². The van der Waals surface area contributed by atoms with Crippen molar-refractivity contribution in [3.8, 4) is 11.8 Å². The number of allylic oxidation sites excluding steroid dienone is 1. The van der Waals surface area contributed by atoms with E-state index >= 15 is 0 Å². The summed E-state index contributed by atoms with van der Waals surface area (Å²) in [5.41, 5.74) is 1.13. The molecule has 0 unspecified atom stereocenters. The van der Waals surface area contributed by atoms with E-state index in [0.29, 0.717) is 6.61 Å². The van der Waals surface area contributed by atoms with Crippen molar-refractivity contribution in [1.29, 1.82) is 0 Å². The Morgan fingerprint density at radius 1 is 1.21 bits per heavy atom. The van der Waals surface area contributed by atoms with E-state index < -0.39 is 8.32 Å². The lowest BCUT2D eigenvalue weighted by Gasteiger charge is -2.35. The van der Waals surface area contributed by atoms with Gasteiger partial charge < -0.3 is 4.43 Å². The van der Waals surface area contributed by atoms with Crippen LogP contribution in [0.25, 0.3) is 0 Å². The Hall–Kier alpha value is -0.523. The first kappa shape index (κ1) is 18.5. The maximum Gasteiger partial charge on any atom is 0.192 e. The Kier molecular flexibility index (Phi) is 8.37. The minimum absolute atomic E-state index is 0.278. The Morgan fingerprint density at radius 2 is 1.84 bits per heavy atom. The fourth-order valence-electron chi connectivity index (χ4n) is 1.31. The molecule has 0 aromatic heterocycles. The second-order valence-corrected chi connectivity index (χ2v) is 11.5. The minimum atomic E-state index is -1.61. The van der Waals surface area contributed by atoms with E-state index in [2.05, 4.69) is 65.6 Å². The molecule has 0 aromatic carbocycles. The smallest absolute Gasteiger partial charge is 0.192 e. The average molecular weight is 281 g/mol. The summed E-state index contributed by atoms with van der Waals surface area (Å²) in [6.07, 6.45) is 6.90.